The van der Waals surface area contributed by atoms with Gasteiger partial charge in [-0.25, -0.2) is 9.97 Å². The van der Waals surface area contributed by atoms with Crippen molar-refractivity contribution in [3.63, 3.8) is 0 Å². The molecule has 1 fully saturated rings. The van der Waals surface area contributed by atoms with Gasteiger partial charge in [-0.2, -0.15) is 5.26 Å². The van der Waals surface area contributed by atoms with Crippen LogP contribution in [0.25, 0.3) is 11.3 Å². The maximum atomic E-state index is 12.0. The van der Waals surface area contributed by atoms with Gasteiger partial charge >= 0.3 is 0 Å². The number of benzene rings is 1. The number of rotatable bonds is 2. The van der Waals surface area contributed by atoms with Crippen LogP contribution >= 0.6 is 0 Å². The number of hydrogen-bond acceptors (Lipinski definition) is 5. The van der Waals surface area contributed by atoms with Crippen LogP contribution in [0, 0.1) is 18.4 Å². The third-order valence-corrected chi connectivity index (χ3v) is 4.54. The number of nitrogens with zero attached hydrogens (tertiary/aromatic N) is 5. The van der Waals surface area contributed by atoms with E-state index >= 15 is 0 Å². The summed E-state index contributed by atoms with van der Waals surface area (Å²) in [5.74, 6) is 0.873. The Morgan fingerprint density at radius 1 is 1.25 bits per heavy atom. The first-order chi connectivity index (χ1) is 11.7. The number of hydrogen-bond donors (Lipinski definition) is 0. The Morgan fingerprint density at radius 2 is 2.12 bits per heavy atom. The van der Waals surface area contributed by atoms with Gasteiger partial charge < -0.3 is 9.80 Å². The molecule has 0 unspecified atom stereocenters. The van der Waals surface area contributed by atoms with Crippen LogP contribution in [-0.2, 0) is 17.9 Å². The van der Waals surface area contributed by atoms with Gasteiger partial charge in [0.25, 0.3) is 0 Å². The van der Waals surface area contributed by atoms with Gasteiger partial charge in [-0.3, -0.25) is 4.79 Å². The highest BCUT2D eigenvalue weighted by Crippen LogP contribution is 2.32. The molecule has 0 saturated carbocycles. The van der Waals surface area contributed by atoms with E-state index in [1.165, 1.54) is 0 Å². The van der Waals surface area contributed by atoms with E-state index in [2.05, 4.69) is 16.2 Å². The van der Waals surface area contributed by atoms with Gasteiger partial charge in [-0.1, -0.05) is 12.1 Å². The molecule has 2 aliphatic heterocycles. The molecule has 6 heteroatoms. The average molecular weight is 319 g/mol. The second-order valence-electron chi connectivity index (χ2n) is 6.20. The molecule has 1 aromatic carbocycles. The number of aromatic nitrogens is 2. The highest BCUT2D eigenvalue weighted by Gasteiger charge is 2.26. The van der Waals surface area contributed by atoms with Crippen molar-refractivity contribution in [2.24, 2.45) is 0 Å². The van der Waals surface area contributed by atoms with Crippen molar-refractivity contribution in [1.29, 1.82) is 5.26 Å². The van der Waals surface area contributed by atoms with E-state index in [1.807, 2.05) is 36.1 Å². The Labute approximate surface area is 140 Å². The van der Waals surface area contributed by atoms with E-state index in [0.29, 0.717) is 25.3 Å². The van der Waals surface area contributed by atoms with Gasteiger partial charge in [-0.15, -0.1) is 0 Å². The van der Waals surface area contributed by atoms with Crippen LogP contribution in [0.3, 0.4) is 0 Å². The lowest BCUT2D eigenvalue weighted by molar-refractivity contribution is -0.117. The number of carbonyl (C=O) groups is 1. The lowest BCUT2D eigenvalue weighted by Gasteiger charge is -2.17. The maximum Gasteiger partial charge on any atom is 0.227 e. The Balaban J connectivity index is 1.78. The third kappa shape index (κ3) is 2.38. The topological polar surface area (TPSA) is 73.1 Å². The fourth-order valence-corrected chi connectivity index (χ4v) is 3.43. The number of amides is 1. The predicted octanol–water partition coefficient (Wildman–Crippen LogP) is 2.38. The van der Waals surface area contributed by atoms with E-state index < -0.39 is 0 Å². The molecule has 0 N–H and O–H groups in total. The molecule has 0 aliphatic carbocycles. The summed E-state index contributed by atoms with van der Waals surface area (Å²) in [6.07, 6.45) is 3.70. The molecule has 0 atom stereocenters. The van der Waals surface area contributed by atoms with Crippen molar-refractivity contribution < 1.29 is 4.79 Å². The molecule has 0 radical (unpaired) electrons. The Morgan fingerprint density at radius 3 is 2.88 bits per heavy atom. The summed E-state index contributed by atoms with van der Waals surface area (Å²) in [5, 5.41) is 9.17. The SMILES string of the molecule is Cc1nc2c(c(-c3cccc(N4CCCC4=O)c3)n1)CN(C#N)C2. The molecule has 3 heterocycles. The lowest BCUT2D eigenvalue weighted by Crippen LogP contribution is -2.23. The summed E-state index contributed by atoms with van der Waals surface area (Å²) < 4.78 is 0. The lowest BCUT2D eigenvalue weighted by atomic mass is 10.0. The summed E-state index contributed by atoms with van der Waals surface area (Å²) in [6, 6.07) is 7.93. The van der Waals surface area contributed by atoms with Crippen LogP contribution in [-0.4, -0.2) is 27.3 Å². The first-order valence-corrected chi connectivity index (χ1v) is 8.07. The second-order valence-corrected chi connectivity index (χ2v) is 6.20. The largest absolute Gasteiger partial charge is 0.312 e. The van der Waals surface area contributed by atoms with Crippen molar-refractivity contribution >= 4 is 11.6 Å². The highest BCUT2D eigenvalue weighted by molar-refractivity contribution is 5.95. The molecular weight excluding hydrogens is 302 g/mol. The molecule has 1 amide bonds. The van der Waals surface area contributed by atoms with Gasteiger partial charge in [0.15, 0.2) is 6.19 Å². The standard InChI is InChI=1S/C18H17N5O/c1-12-20-16-10-22(11-19)9-15(16)18(21-12)13-4-2-5-14(8-13)23-7-3-6-17(23)24/h2,4-5,8H,3,6-7,9-10H2,1H3. The van der Waals surface area contributed by atoms with Crippen LogP contribution in [0.15, 0.2) is 24.3 Å². The Hall–Kier alpha value is -2.94. The van der Waals surface area contributed by atoms with E-state index in [4.69, 9.17) is 5.26 Å². The second kappa shape index (κ2) is 5.60. The summed E-state index contributed by atoms with van der Waals surface area (Å²) in [6.45, 7) is 3.71. The number of nitriles is 1. The fourth-order valence-electron chi connectivity index (χ4n) is 3.43. The summed E-state index contributed by atoms with van der Waals surface area (Å²) in [7, 11) is 0. The number of carbonyl (C=O) groups excluding carboxylic acids is 1. The first-order valence-electron chi connectivity index (χ1n) is 8.07. The number of fused-ring (bicyclic) bond motifs is 1. The molecule has 0 spiro atoms. The normalized spacial score (nSPS) is 16.4. The smallest absolute Gasteiger partial charge is 0.227 e. The number of anilines is 1. The van der Waals surface area contributed by atoms with Crippen LogP contribution < -0.4 is 4.90 Å². The molecule has 1 saturated heterocycles. The minimum absolute atomic E-state index is 0.173. The van der Waals surface area contributed by atoms with E-state index in [1.54, 1.807) is 4.90 Å². The van der Waals surface area contributed by atoms with Gasteiger partial charge in [0.05, 0.1) is 24.5 Å². The minimum Gasteiger partial charge on any atom is -0.312 e. The van der Waals surface area contributed by atoms with Crippen LogP contribution in [0.1, 0.15) is 29.9 Å². The zero-order valence-corrected chi connectivity index (χ0v) is 13.5. The monoisotopic (exact) mass is 319 g/mol. The molecule has 24 heavy (non-hydrogen) atoms. The van der Waals surface area contributed by atoms with Gasteiger partial charge in [-0.05, 0) is 25.5 Å². The van der Waals surface area contributed by atoms with Crippen molar-refractivity contribution in [1.82, 2.24) is 14.9 Å². The van der Waals surface area contributed by atoms with E-state index in [9.17, 15) is 4.79 Å². The van der Waals surface area contributed by atoms with Crippen LogP contribution in [0.5, 0.6) is 0 Å². The molecule has 0 bridgehead atoms. The minimum atomic E-state index is 0.173. The quantitative estimate of drug-likeness (QED) is 0.795. The summed E-state index contributed by atoms with van der Waals surface area (Å²) in [4.78, 5) is 24.6. The van der Waals surface area contributed by atoms with E-state index in [0.717, 1.165) is 41.2 Å². The zero-order chi connectivity index (χ0) is 16.7. The molecule has 4 rings (SSSR count). The molecule has 2 aliphatic rings. The zero-order valence-electron chi connectivity index (χ0n) is 13.5. The van der Waals surface area contributed by atoms with Crippen LogP contribution in [0.4, 0.5) is 5.69 Å². The van der Waals surface area contributed by atoms with Crippen molar-refractivity contribution in [2.75, 3.05) is 11.4 Å². The van der Waals surface area contributed by atoms with E-state index in [-0.39, 0.29) is 5.91 Å². The molecule has 120 valence electrons. The fraction of sp³-hybridized carbons (Fsp3) is 0.333. The van der Waals surface area contributed by atoms with Crippen LogP contribution in [0.2, 0.25) is 0 Å². The molecule has 6 nitrogen and oxygen atoms in total. The Bertz CT molecular complexity index is 870. The Kier molecular flexibility index (Phi) is 3.42. The van der Waals surface area contributed by atoms with Crippen molar-refractivity contribution in [3.8, 4) is 17.5 Å². The predicted molar refractivity (Wildman–Crippen MR) is 88.7 cm³/mol. The average Bonchev–Trinajstić information content (AvgIpc) is 3.19. The summed E-state index contributed by atoms with van der Waals surface area (Å²) in [5.41, 5.74) is 4.67. The maximum absolute atomic E-state index is 12.0. The number of aryl methyl sites for hydroxylation is 1. The first kappa shape index (κ1) is 14.6. The van der Waals surface area contributed by atoms with Gasteiger partial charge in [0, 0.05) is 29.8 Å². The van der Waals surface area contributed by atoms with Gasteiger partial charge in [0.1, 0.15) is 5.82 Å². The van der Waals surface area contributed by atoms with Crippen molar-refractivity contribution in [2.45, 2.75) is 32.9 Å². The summed E-state index contributed by atoms with van der Waals surface area (Å²) >= 11 is 0. The molecule has 1 aromatic heterocycles. The van der Waals surface area contributed by atoms with Crippen molar-refractivity contribution in [3.05, 3.63) is 41.3 Å². The molecular formula is C18H17N5O. The van der Waals surface area contributed by atoms with Gasteiger partial charge in [0.2, 0.25) is 5.91 Å². The highest BCUT2D eigenvalue weighted by atomic mass is 16.2. The third-order valence-electron chi connectivity index (χ3n) is 4.54. The molecule has 2 aromatic rings.